The van der Waals surface area contributed by atoms with Gasteiger partial charge in [-0.3, -0.25) is 0 Å². The van der Waals surface area contributed by atoms with Crippen molar-refractivity contribution in [1.82, 2.24) is 5.32 Å². The molecule has 0 heterocycles. The number of benzene rings is 2. The minimum Gasteiger partial charge on any atom is -0.508 e. The number of aryl methyl sites for hydroxylation is 1. The van der Waals surface area contributed by atoms with Crippen molar-refractivity contribution in [2.45, 2.75) is 13.3 Å². The SMILES string of the molecule is CCc1ccccc1OCNC(=O)Nc1cccc(O)c1. The van der Waals surface area contributed by atoms with Crippen LogP contribution in [0.2, 0.25) is 0 Å². The van der Waals surface area contributed by atoms with Crippen LogP contribution in [0.3, 0.4) is 0 Å². The molecule has 0 aliphatic heterocycles. The van der Waals surface area contributed by atoms with E-state index < -0.39 is 6.03 Å². The van der Waals surface area contributed by atoms with Gasteiger partial charge in [-0.15, -0.1) is 0 Å². The highest BCUT2D eigenvalue weighted by Gasteiger charge is 2.04. The molecule has 2 amide bonds. The lowest BCUT2D eigenvalue weighted by molar-refractivity contribution is 0.234. The van der Waals surface area contributed by atoms with Crippen molar-refractivity contribution in [3.8, 4) is 11.5 Å². The first-order valence-corrected chi connectivity index (χ1v) is 6.73. The molecule has 0 bridgehead atoms. The fourth-order valence-corrected chi connectivity index (χ4v) is 1.88. The molecule has 2 aromatic rings. The summed E-state index contributed by atoms with van der Waals surface area (Å²) >= 11 is 0. The monoisotopic (exact) mass is 286 g/mol. The Kier molecular flexibility index (Phi) is 5.04. The lowest BCUT2D eigenvalue weighted by Crippen LogP contribution is -2.32. The van der Waals surface area contributed by atoms with Gasteiger partial charge in [0.1, 0.15) is 11.5 Å². The molecule has 0 radical (unpaired) electrons. The van der Waals surface area contributed by atoms with Gasteiger partial charge >= 0.3 is 6.03 Å². The predicted molar refractivity (Wildman–Crippen MR) is 81.6 cm³/mol. The van der Waals surface area contributed by atoms with Gasteiger partial charge in [0.25, 0.3) is 0 Å². The van der Waals surface area contributed by atoms with E-state index in [-0.39, 0.29) is 12.5 Å². The van der Waals surface area contributed by atoms with E-state index in [1.165, 1.54) is 12.1 Å². The summed E-state index contributed by atoms with van der Waals surface area (Å²) in [7, 11) is 0. The molecule has 0 aliphatic rings. The van der Waals surface area contributed by atoms with Crippen LogP contribution in [0.4, 0.5) is 10.5 Å². The summed E-state index contributed by atoms with van der Waals surface area (Å²) < 4.78 is 5.54. The zero-order valence-electron chi connectivity index (χ0n) is 11.8. The third-order valence-corrected chi connectivity index (χ3v) is 2.92. The van der Waals surface area contributed by atoms with E-state index in [0.717, 1.165) is 17.7 Å². The minimum absolute atomic E-state index is 0.0711. The number of anilines is 1. The molecule has 0 saturated heterocycles. The zero-order chi connectivity index (χ0) is 15.1. The smallest absolute Gasteiger partial charge is 0.321 e. The topological polar surface area (TPSA) is 70.6 Å². The highest BCUT2D eigenvalue weighted by Crippen LogP contribution is 2.18. The number of carbonyl (C=O) groups is 1. The summed E-state index contributed by atoms with van der Waals surface area (Å²) in [5.41, 5.74) is 1.61. The highest BCUT2D eigenvalue weighted by atomic mass is 16.5. The van der Waals surface area contributed by atoms with E-state index >= 15 is 0 Å². The normalized spacial score (nSPS) is 9.95. The summed E-state index contributed by atoms with van der Waals surface area (Å²) in [5, 5.41) is 14.5. The van der Waals surface area contributed by atoms with Crippen molar-refractivity contribution in [2.24, 2.45) is 0 Å². The van der Waals surface area contributed by atoms with E-state index in [0.29, 0.717) is 5.69 Å². The number of hydrogen-bond donors (Lipinski definition) is 3. The largest absolute Gasteiger partial charge is 0.508 e. The molecule has 21 heavy (non-hydrogen) atoms. The Morgan fingerprint density at radius 1 is 1.19 bits per heavy atom. The number of urea groups is 1. The third-order valence-electron chi connectivity index (χ3n) is 2.92. The van der Waals surface area contributed by atoms with Crippen molar-refractivity contribution >= 4 is 11.7 Å². The first-order valence-electron chi connectivity index (χ1n) is 6.73. The van der Waals surface area contributed by atoms with E-state index in [4.69, 9.17) is 4.74 Å². The van der Waals surface area contributed by atoms with Crippen LogP contribution in [0, 0.1) is 0 Å². The highest BCUT2D eigenvalue weighted by molar-refractivity contribution is 5.89. The molecule has 5 nitrogen and oxygen atoms in total. The second kappa shape index (κ2) is 7.19. The number of aromatic hydroxyl groups is 1. The molecule has 2 rings (SSSR count). The van der Waals surface area contributed by atoms with Crippen molar-refractivity contribution in [3.63, 3.8) is 0 Å². The Labute approximate surface area is 123 Å². The van der Waals surface area contributed by atoms with Gasteiger partial charge in [0.2, 0.25) is 0 Å². The van der Waals surface area contributed by atoms with Crippen LogP contribution in [0.1, 0.15) is 12.5 Å². The summed E-state index contributed by atoms with van der Waals surface area (Å²) in [5.74, 6) is 0.860. The van der Waals surface area contributed by atoms with E-state index in [1.54, 1.807) is 12.1 Å². The minimum atomic E-state index is -0.394. The van der Waals surface area contributed by atoms with E-state index in [9.17, 15) is 9.90 Å². The Morgan fingerprint density at radius 2 is 2.00 bits per heavy atom. The molecule has 0 spiro atoms. The van der Waals surface area contributed by atoms with Crippen molar-refractivity contribution in [3.05, 3.63) is 54.1 Å². The van der Waals surface area contributed by atoms with Gasteiger partial charge in [-0.25, -0.2) is 4.79 Å². The number of amides is 2. The molecular formula is C16H18N2O3. The quantitative estimate of drug-likeness (QED) is 0.740. The Bertz CT molecular complexity index is 614. The number of para-hydroxylation sites is 1. The van der Waals surface area contributed by atoms with Gasteiger partial charge in [0.05, 0.1) is 0 Å². The standard InChI is InChI=1S/C16H18N2O3/c1-2-12-6-3-4-9-15(12)21-11-17-16(20)18-13-7-5-8-14(19)10-13/h3-10,19H,2,11H2,1H3,(H2,17,18,20). The van der Waals surface area contributed by atoms with E-state index in [1.807, 2.05) is 31.2 Å². The second-order valence-corrected chi connectivity index (χ2v) is 4.43. The lowest BCUT2D eigenvalue weighted by atomic mass is 10.1. The van der Waals surface area contributed by atoms with Crippen LogP contribution in [0.5, 0.6) is 11.5 Å². The average Bonchev–Trinajstić information content (AvgIpc) is 2.47. The van der Waals surface area contributed by atoms with Gasteiger partial charge in [-0.05, 0) is 30.2 Å². The van der Waals surface area contributed by atoms with Gasteiger partial charge in [-0.1, -0.05) is 31.2 Å². The molecule has 5 heteroatoms. The van der Waals surface area contributed by atoms with Gasteiger partial charge < -0.3 is 20.5 Å². The lowest BCUT2D eigenvalue weighted by Gasteiger charge is -2.12. The molecular weight excluding hydrogens is 268 g/mol. The van der Waals surface area contributed by atoms with Crippen molar-refractivity contribution in [2.75, 3.05) is 12.0 Å². The molecule has 0 aliphatic carbocycles. The van der Waals surface area contributed by atoms with Crippen molar-refractivity contribution in [1.29, 1.82) is 0 Å². The van der Waals surface area contributed by atoms with Crippen molar-refractivity contribution < 1.29 is 14.6 Å². The maximum Gasteiger partial charge on any atom is 0.321 e. The molecule has 110 valence electrons. The fraction of sp³-hybridized carbons (Fsp3) is 0.188. The van der Waals surface area contributed by atoms with Crippen LogP contribution < -0.4 is 15.4 Å². The Balaban J connectivity index is 1.82. The van der Waals surface area contributed by atoms with Crippen LogP contribution in [0.15, 0.2) is 48.5 Å². The zero-order valence-corrected chi connectivity index (χ0v) is 11.8. The first kappa shape index (κ1) is 14.7. The average molecular weight is 286 g/mol. The number of phenols is 1. The number of carbonyl (C=O) groups excluding carboxylic acids is 1. The Morgan fingerprint density at radius 3 is 2.76 bits per heavy atom. The number of nitrogens with one attached hydrogen (secondary N) is 2. The predicted octanol–water partition coefficient (Wildman–Crippen LogP) is 3.11. The first-order chi connectivity index (χ1) is 10.2. The Hall–Kier alpha value is -2.69. The molecule has 0 unspecified atom stereocenters. The van der Waals surface area contributed by atoms with Crippen LogP contribution in [0.25, 0.3) is 0 Å². The molecule has 0 fully saturated rings. The maximum absolute atomic E-state index is 11.7. The summed E-state index contributed by atoms with van der Waals surface area (Å²) in [4.78, 5) is 11.7. The molecule has 3 N–H and O–H groups in total. The molecule has 2 aromatic carbocycles. The number of phenolic OH excluding ortho intramolecular Hbond substituents is 1. The molecule has 0 atom stereocenters. The van der Waals surface area contributed by atoms with Gasteiger partial charge in [-0.2, -0.15) is 0 Å². The number of ether oxygens (including phenoxy) is 1. The molecule has 0 aromatic heterocycles. The number of hydrogen-bond acceptors (Lipinski definition) is 3. The number of rotatable bonds is 5. The summed E-state index contributed by atoms with van der Waals surface area (Å²) in [6.07, 6.45) is 0.867. The second-order valence-electron chi connectivity index (χ2n) is 4.43. The summed E-state index contributed by atoms with van der Waals surface area (Å²) in [6, 6.07) is 13.6. The van der Waals surface area contributed by atoms with Gasteiger partial charge in [0, 0.05) is 11.8 Å². The summed E-state index contributed by atoms with van der Waals surface area (Å²) in [6.45, 7) is 2.12. The van der Waals surface area contributed by atoms with E-state index in [2.05, 4.69) is 10.6 Å². The maximum atomic E-state index is 11.7. The fourth-order valence-electron chi connectivity index (χ4n) is 1.88. The van der Waals surface area contributed by atoms with Gasteiger partial charge in [0.15, 0.2) is 6.73 Å². The molecule has 0 saturated carbocycles. The third kappa shape index (κ3) is 4.42. The van der Waals surface area contributed by atoms with Crippen LogP contribution >= 0.6 is 0 Å². The van der Waals surface area contributed by atoms with Crippen LogP contribution in [-0.2, 0) is 6.42 Å². The van der Waals surface area contributed by atoms with Crippen LogP contribution in [-0.4, -0.2) is 17.9 Å².